The van der Waals surface area contributed by atoms with Gasteiger partial charge in [0, 0.05) is 11.8 Å². The van der Waals surface area contributed by atoms with E-state index in [0.29, 0.717) is 11.1 Å². The number of carbonyl (C=O) groups is 1. The van der Waals surface area contributed by atoms with Gasteiger partial charge >= 0.3 is 5.92 Å². The van der Waals surface area contributed by atoms with Crippen LogP contribution in [0, 0.1) is 11.6 Å². The first-order chi connectivity index (χ1) is 17.2. The molecule has 1 aliphatic heterocycles. The van der Waals surface area contributed by atoms with Gasteiger partial charge in [0.2, 0.25) is 0 Å². The smallest absolute Gasteiger partial charge is 0.311 e. The first-order valence-electron chi connectivity index (χ1n) is 10.9. The second-order valence-corrected chi connectivity index (χ2v) is 8.08. The van der Waals surface area contributed by atoms with Crippen LogP contribution in [0.1, 0.15) is 27.2 Å². The molecule has 0 unspecified atom stereocenters. The highest BCUT2D eigenvalue weighted by molar-refractivity contribution is 6.19. The molecule has 186 valence electrons. The molecular formula is C26H21F4N3O3. The largest absolute Gasteiger partial charge is 0.394 e. The number of allylic oxidation sites excluding steroid dienone is 1. The summed E-state index contributed by atoms with van der Waals surface area (Å²) < 4.78 is 58.6. The van der Waals surface area contributed by atoms with Crippen molar-refractivity contribution in [2.45, 2.75) is 18.1 Å². The van der Waals surface area contributed by atoms with E-state index in [-0.39, 0.29) is 23.4 Å². The normalized spacial score (nSPS) is 15.2. The average Bonchev–Trinajstić information content (AvgIpc) is 3.37. The lowest BCUT2D eigenvalue weighted by atomic mass is 9.97. The third-order valence-electron chi connectivity index (χ3n) is 5.72. The second-order valence-electron chi connectivity index (χ2n) is 8.08. The summed E-state index contributed by atoms with van der Waals surface area (Å²) in [6.07, 6.45) is 0.614. The van der Waals surface area contributed by atoms with Crippen LogP contribution in [0.5, 0.6) is 0 Å². The summed E-state index contributed by atoms with van der Waals surface area (Å²) in [5, 5.41) is 21.5. The highest BCUT2D eigenvalue weighted by Crippen LogP contribution is 2.32. The van der Waals surface area contributed by atoms with Crippen LogP contribution < -0.4 is 5.32 Å². The molecule has 2 heterocycles. The number of hydrogen-bond acceptors (Lipinski definition) is 5. The topological polar surface area (TPSA) is 94.8 Å². The number of hydrogen-bond donors (Lipinski definition) is 3. The molecule has 0 saturated heterocycles. The van der Waals surface area contributed by atoms with Gasteiger partial charge in [0.1, 0.15) is 29.5 Å². The molecule has 3 N–H and O–H groups in total. The molecule has 0 spiro atoms. The van der Waals surface area contributed by atoms with Crippen LogP contribution in [0.3, 0.4) is 0 Å². The molecule has 0 saturated carbocycles. The Morgan fingerprint density at radius 2 is 1.81 bits per heavy atom. The Hall–Kier alpha value is -3.89. The lowest BCUT2D eigenvalue weighted by molar-refractivity contribution is -0.0941. The minimum atomic E-state index is -3.87. The van der Waals surface area contributed by atoms with Gasteiger partial charge in [-0.15, -0.1) is 0 Å². The zero-order valence-corrected chi connectivity index (χ0v) is 18.7. The summed E-state index contributed by atoms with van der Waals surface area (Å²) in [5.74, 6) is -6.21. The lowest BCUT2D eigenvalue weighted by Crippen LogP contribution is -2.54. The number of aromatic nitrogens is 1. The zero-order chi connectivity index (χ0) is 25.9. The third-order valence-corrected chi connectivity index (χ3v) is 5.72. The van der Waals surface area contributed by atoms with Crippen LogP contribution in [-0.2, 0) is 5.92 Å². The quantitative estimate of drug-likeness (QED) is 0.414. The number of carbonyl (C=O) groups excluding carboxylic acids is 1. The van der Waals surface area contributed by atoms with Crippen LogP contribution in [0.25, 0.3) is 5.57 Å². The maximum absolute atomic E-state index is 15.2. The highest BCUT2D eigenvalue weighted by Gasteiger charge is 2.47. The van der Waals surface area contributed by atoms with Gasteiger partial charge in [-0.25, -0.2) is 8.78 Å². The Bertz CT molecular complexity index is 1310. The van der Waals surface area contributed by atoms with E-state index in [2.05, 4.69) is 9.98 Å². The van der Waals surface area contributed by atoms with E-state index in [1.807, 2.05) is 5.32 Å². The molecule has 1 aromatic heterocycles. The first kappa shape index (κ1) is 25.2. The van der Waals surface area contributed by atoms with Crippen molar-refractivity contribution in [3.05, 3.63) is 107 Å². The summed E-state index contributed by atoms with van der Waals surface area (Å²) >= 11 is 0. The number of halogens is 4. The highest BCUT2D eigenvalue weighted by atomic mass is 19.3. The number of amides is 1. The van der Waals surface area contributed by atoms with Crippen LogP contribution in [0.2, 0.25) is 0 Å². The molecule has 0 radical (unpaired) electrons. The van der Waals surface area contributed by atoms with Gasteiger partial charge < -0.3 is 15.5 Å². The Balaban J connectivity index is 1.67. The van der Waals surface area contributed by atoms with E-state index in [1.165, 1.54) is 54.6 Å². The number of pyridine rings is 1. The standard InChI is InChI=1S/C26H21F4N3O3/c27-17-9-7-15(8-10-17)16-12-20(32-13-16)23-18(4-3-5-19(23)28)25(36)33-24(21(35)14-34)26(29,30)22-6-1-2-11-31-22/h1-12,21,24,34-35H,13-14H2,(H,33,36)/t21-,24+/m1/s1. The van der Waals surface area contributed by atoms with Crippen molar-refractivity contribution in [1.29, 1.82) is 0 Å². The molecule has 4 rings (SSSR count). The molecule has 10 heteroatoms. The Morgan fingerprint density at radius 1 is 1.06 bits per heavy atom. The maximum atomic E-state index is 15.2. The van der Waals surface area contributed by atoms with E-state index in [4.69, 9.17) is 0 Å². The fraction of sp³-hybridized carbons (Fsp3) is 0.192. The molecule has 1 amide bonds. The molecule has 2 atom stereocenters. The van der Waals surface area contributed by atoms with Gasteiger partial charge in [0.25, 0.3) is 5.91 Å². The van der Waals surface area contributed by atoms with E-state index in [9.17, 15) is 23.8 Å². The third kappa shape index (κ3) is 5.05. The Morgan fingerprint density at radius 3 is 2.47 bits per heavy atom. The van der Waals surface area contributed by atoms with Crippen molar-refractivity contribution in [3.8, 4) is 0 Å². The number of nitrogens with zero attached hydrogens (tertiary/aromatic N) is 2. The van der Waals surface area contributed by atoms with Gasteiger partial charge in [0.15, 0.2) is 0 Å². The summed E-state index contributed by atoms with van der Waals surface area (Å²) in [6, 6.07) is 10.7. The SMILES string of the molecule is O=C(N[C@@H]([C@H](O)CO)C(F)(F)c1ccccn1)c1cccc(F)c1C1=NCC(c2ccc(F)cc2)=C1. The lowest BCUT2D eigenvalue weighted by Gasteiger charge is -2.30. The van der Waals surface area contributed by atoms with Crippen molar-refractivity contribution in [1.82, 2.24) is 10.3 Å². The number of aliphatic hydroxyl groups is 2. The van der Waals surface area contributed by atoms with Crippen LogP contribution in [-0.4, -0.2) is 52.1 Å². The number of alkyl halides is 2. The summed E-state index contributed by atoms with van der Waals surface area (Å²) in [4.78, 5) is 21.0. The molecule has 1 aliphatic rings. The number of aliphatic hydroxyl groups excluding tert-OH is 2. The van der Waals surface area contributed by atoms with E-state index >= 15 is 8.78 Å². The van der Waals surface area contributed by atoms with Gasteiger partial charge in [-0.3, -0.25) is 14.8 Å². The van der Waals surface area contributed by atoms with Gasteiger partial charge in [-0.1, -0.05) is 24.3 Å². The monoisotopic (exact) mass is 499 g/mol. The van der Waals surface area contributed by atoms with Gasteiger partial charge in [-0.05, 0) is 53.6 Å². The number of rotatable bonds is 8. The molecule has 0 bridgehead atoms. The number of nitrogens with one attached hydrogen (secondary N) is 1. The maximum Gasteiger partial charge on any atom is 0.311 e. The van der Waals surface area contributed by atoms with E-state index in [1.54, 1.807) is 0 Å². The molecule has 3 aromatic rings. The minimum absolute atomic E-state index is 0.105. The number of benzene rings is 2. The van der Waals surface area contributed by atoms with Crippen molar-refractivity contribution in [2.75, 3.05) is 13.2 Å². The van der Waals surface area contributed by atoms with Crippen molar-refractivity contribution in [3.63, 3.8) is 0 Å². The molecular weight excluding hydrogens is 478 g/mol. The van der Waals surface area contributed by atoms with Gasteiger partial charge in [-0.2, -0.15) is 8.78 Å². The van der Waals surface area contributed by atoms with Crippen LogP contribution >= 0.6 is 0 Å². The van der Waals surface area contributed by atoms with Crippen LogP contribution in [0.4, 0.5) is 17.6 Å². The average molecular weight is 499 g/mol. The molecule has 36 heavy (non-hydrogen) atoms. The zero-order valence-electron chi connectivity index (χ0n) is 18.7. The van der Waals surface area contributed by atoms with Crippen molar-refractivity contribution >= 4 is 17.2 Å². The summed E-state index contributed by atoms with van der Waals surface area (Å²) in [6.45, 7) is -0.931. The molecule has 0 fully saturated rings. The summed E-state index contributed by atoms with van der Waals surface area (Å²) in [5.41, 5.74) is 0.166. The second kappa shape index (κ2) is 10.4. The molecule has 0 aliphatic carbocycles. The predicted molar refractivity (Wildman–Crippen MR) is 125 cm³/mol. The molecule has 6 nitrogen and oxygen atoms in total. The fourth-order valence-corrected chi connectivity index (χ4v) is 3.86. The first-order valence-corrected chi connectivity index (χ1v) is 10.9. The number of aliphatic imine (C=N–C) groups is 1. The Labute approximate surface area is 203 Å². The molecule has 2 aromatic carbocycles. The minimum Gasteiger partial charge on any atom is -0.394 e. The predicted octanol–water partition coefficient (Wildman–Crippen LogP) is 3.49. The van der Waals surface area contributed by atoms with Gasteiger partial charge in [0.05, 0.1) is 24.4 Å². The fourth-order valence-electron chi connectivity index (χ4n) is 3.86. The summed E-state index contributed by atoms with van der Waals surface area (Å²) in [7, 11) is 0. The van der Waals surface area contributed by atoms with Crippen molar-refractivity contribution in [2.24, 2.45) is 4.99 Å². The van der Waals surface area contributed by atoms with E-state index in [0.717, 1.165) is 18.3 Å². The Kier molecular flexibility index (Phi) is 7.27. The van der Waals surface area contributed by atoms with Crippen molar-refractivity contribution < 1.29 is 32.6 Å². The van der Waals surface area contributed by atoms with E-state index < -0.39 is 47.9 Å². The van der Waals surface area contributed by atoms with Crippen LogP contribution in [0.15, 0.2) is 77.9 Å².